The van der Waals surface area contributed by atoms with E-state index in [1.165, 1.54) is 11.3 Å². The SMILES string of the molecule is OB(O)c1cc2cc(Cn3ccnc3)ccc2s1. The molecule has 0 fully saturated rings. The van der Waals surface area contributed by atoms with Gasteiger partial charge in [-0.05, 0) is 29.1 Å². The highest BCUT2D eigenvalue weighted by Crippen LogP contribution is 2.21. The summed E-state index contributed by atoms with van der Waals surface area (Å²) in [5, 5.41) is 19.4. The van der Waals surface area contributed by atoms with Crippen molar-refractivity contribution < 1.29 is 10.0 Å². The lowest BCUT2D eigenvalue weighted by atomic mass is 9.89. The highest BCUT2D eigenvalue weighted by molar-refractivity contribution is 7.27. The number of nitrogens with zero attached hydrogens (tertiary/aromatic N) is 2. The number of aromatic nitrogens is 2. The minimum atomic E-state index is -1.39. The lowest BCUT2D eigenvalue weighted by Gasteiger charge is -2.02. The average molecular weight is 258 g/mol. The van der Waals surface area contributed by atoms with Gasteiger partial charge in [0.15, 0.2) is 0 Å². The van der Waals surface area contributed by atoms with Crippen molar-refractivity contribution in [3.05, 3.63) is 48.5 Å². The van der Waals surface area contributed by atoms with Gasteiger partial charge in [0.05, 0.1) is 6.33 Å². The first kappa shape index (κ1) is 11.5. The van der Waals surface area contributed by atoms with Crippen molar-refractivity contribution in [2.45, 2.75) is 6.54 Å². The Balaban J connectivity index is 1.95. The average Bonchev–Trinajstić information content (AvgIpc) is 2.96. The first-order valence-electron chi connectivity index (χ1n) is 5.56. The lowest BCUT2D eigenvalue weighted by molar-refractivity contribution is 0.427. The van der Waals surface area contributed by atoms with E-state index in [1.54, 1.807) is 12.5 Å². The van der Waals surface area contributed by atoms with Crippen molar-refractivity contribution in [2.75, 3.05) is 0 Å². The molecule has 2 aromatic heterocycles. The van der Waals surface area contributed by atoms with E-state index >= 15 is 0 Å². The fraction of sp³-hybridized carbons (Fsp3) is 0.0833. The van der Waals surface area contributed by atoms with Gasteiger partial charge in [-0.2, -0.15) is 0 Å². The maximum atomic E-state index is 9.16. The minimum Gasteiger partial charge on any atom is -0.423 e. The molecule has 0 saturated carbocycles. The van der Waals surface area contributed by atoms with Crippen LogP contribution in [0.3, 0.4) is 0 Å². The van der Waals surface area contributed by atoms with Crippen LogP contribution in [0.1, 0.15) is 5.56 Å². The van der Waals surface area contributed by atoms with Gasteiger partial charge < -0.3 is 14.6 Å². The normalized spacial score (nSPS) is 11.0. The second-order valence-corrected chi connectivity index (χ2v) is 5.24. The van der Waals surface area contributed by atoms with Gasteiger partial charge in [-0.15, -0.1) is 11.3 Å². The second kappa shape index (κ2) is 4.57. The van der Waals surface area contributed by atoms with Gasteiger partial charge in [-0.25, -0.2) is 4.98 Å². The van der Waals surface area contributed by atoms with Crippen LogP contribution in [0.4, 0.5) is 0 Å². The Morgan fingerprint density at radius 1 is 1.28 bits per heavy atom. The van der Waals surface area contributed by atoms with E-state index in [4.69, 9.17) is 10.0 Å². The summed E-state index contributed by atoms with van der Waals surface area (Å²) >= 11 is 1.40. The predicted octanol–water partition coefficient (Wildman–Crippen LogP) is 0.826. The van der Waals surface area contributed by atoms with Crippen LogP contribution >= 0.6 is 11.3 Å². The topological polar surface area (TPSA) is 58.3 Å². The molecule has 2 heterocycles. The molecule has 4 nitrogen and oxygen atoms in total. The third-order valence-corrected chi connectivity index (χ3v) is 3.93. The Morgan fingerprint density at radius 2 is 2.17 bits per heavy atom. The third kappa shape index (κ3) is 2.18. The van der Waals surface area contributed by atoms with E-state index in [9.17, 15) is 0 Å². The Morgan fingerprint density at radius 3 is 2.89 bits per heavy atom. The van der Waals surface area contributed by atoms with Crippen LogP contribution in [0.2, 0.25) is 0 Å². The zero-order valence-corrected chi connectivity index (χ0v) is 10.3. The Labute approximate surface area is 108 Å². The predicted molar refractivity (Wildman–Crippen MR) is 73.0 cm³/mol. The molecule has 0 aliphatic rings. The zero-order chi connectivity index (χ0) is 12.5. The molecule has 0 amide bonds. The molecule has 0 spiro atoms. The van der Waals surface area contributed by atoms with Gasteiger partial charge in [0.1, 0.15) is 0 Å². The maximum absolute atomic E-state index is 9.16. The highest BCUT2D eigenvalue weighted by Gasteiger charge is 2.14. The van der Waals surface area contributed by atoms with E-state index in [-0.39, 0.29) is 0 Å². The fourth-order valence-corrected chi connectivity index (χ4v) is 2.85. The van der Waals surface area contributed by atoms with E-state index < -0.39 is 7.12 Å². The highest BCUT2D eigenvalue weighted by atomic mass is 32.1. The van der Waals surface area contributed by atoms with Gasteiger partial charge in [-0.1, -0.05) is 6.07 Å². The number of hydrogen-bond acceptors (Lipinski definition) is 4. The summed E-state index contributed by atoms with van der Waals surface area (Å²) in [5.41, 5.74) is 1.16. The van der Waals surface area contributed by atoms with E-state index in [1.807, 2.05) is 29.0 Å². The Bertz CT molecular complexity index is 664. The molecule has 6 heteroatoms. The Kier molecular flexibility index (Phi) is 2.91. The van der Waals surface area contributed by atoms with Crippen LogP contribution < -0.4 is 4.78 Å². The van der Waals surface area contributed by atoms with Gasteiger partial charge in [0.2, 0.25) is 0 Å². The van der Waals surface area contributed by atoms with Crippen LogP contribution in [0.5, 0.6) is 0 Å². The standard InChI is InChI=1S/C12H11BN2O2S/c16-13(17)12-6-10-5-9(1-2-11(10)18-12)7-15-4-3-14-8-15/h1-6,8,16-17H,7H2. The van der Waals surface area contributed by atoms with Crippen molar-refractivity contribution in [3.8, 4) is 0 Å². The smallest absolute Gasteiger partial charge is 0.423 e. The molecule has 0 atom stereocenters. The summed E-state index contributed by atoms with van der Waals surface area (Å²) in [6.45, 7) is 0.767. The number of thiophene rings is 1. The summed E-state index contributed by atoms with van der Waals surface area (Å²) in [6.07, 6.45) is 5.45. The summed E-state index contributed by atoms with van der Waals surface area (Å²) in [7, 11) is -1.39. The number of hydrogen-bond donors (Lipinski definition) is 2. The molecule has 2 N–H and O–H groups in total. The largest absolute Gasteiger partial charge is 0.499 e. The molecule has 0 aliphatic carbocycles. The van der Waals surface area contributed by atoms with Crippen LogP contribution in [-0.4, -0.2) is 26.7 Å². The summed E-state index contributed by atoms with van der Waals surface area (Å²) in [5.74, 6) is 0. The van der Waals surface area contributed by atoms with Crippen LogP contribution in [-0.2, 0) is 6.54 Å². The molecule has 3 rings (SSSR count). The third-order valence-electron chi connectivity index (χ3n) is 2.78. The Hall–Kier alpha value is -1.63. The van der Waals surface area contributed by atoms with E-state index in [0.29, 0.717) is 4.78 Å². The van der Waals surface area contributed by atoms with Gasteiger partial charge >= 0.3 is 7.12 Å². The summed E-state index contributed by atoms with van der Waals surface area (Å²) in [6, 6.07) is 7.95. The van der Waals surface area contributed by atoms with E-state index in [2.05, 4.69) is 11.1 Å². The molecule has 0 unspecified atom stereocenters. The lowest BCUT2D eigenvalue weighted by Crippen LogP contribution is -2.26. The first-order chi connectivity index (χ1) is 8.72. The molecular formula is C12H11BN2O2S. The van der Waals surface area contributed by atoms with Crippen molar-refractivity contribution in [1.29, 1.82) is 0 Å². The van der Waals surface area contributed by atoms with Crippen LogP contribution in [0.25, 0.3) is 10.1 Å². The second-order valence-electron chi connectivity index (χ2n) is 4.13. The van der Waals surface area contributed by atoms with Gasteiger partial charge in [0, 0.05) is 28.4 Å². The summed E-state index contributed by atoms with van der Waals surface area (Å²) in [4.78, 5) is 4.01. The molecule has 0 radical (unpaired) electrons. The van der Waals surface area contributed by atoms with Crippen molar-refractivity contribution in [2.24, 2.45) is 0 Å². The molecular weight excluding hydrogens is 247 g/mol. The molecule has 18 heavy (non-hydrogen) atoms. The fourth-order valence-electron chi connectivity index (χ4n) is 1.93. The molecule has 0 saturated heterocycles. The molecule has 3 aromatic rings. The monoisotopic (exact) mass is 258 g/mol. The summed E-state index contributed by atoms with van der Waals surface area (Å²) < 4.78 is 3.63. The van der Waals surface area contributed by atoms with Gasteiger partial charge in [-0.3, -0.25) is 0 Å². The van der Waals surface area contributed by atoms with Crippen molar-refractivity contribution in [3.63, 3.8) is 0 Å². The van der Waals surface area contributed by atoms with Crippen molar-refractivity contribution >= 4 is 33.3 Å². The first-order valence-corrected chi connectivity index (χ1v) is 6.38. The maximum Gasteiger partial charge on any atom is 0.499 e. The zero-order valence-electron chi connectivity index (χ0n) is 9.52. The molecule has 0 aliphatic heterocycles. The number of rotatable bonds is 3. The molecule has 1 aromatic carbocycles. The molecule has 90 valence electrons. The quantitative estimate of drug-likeness (QED) is 0.684. The molecule has 0 bridgehead atoms. The van der Waals surface area contributed by atoms with Crippen LogP contribution in [0, 0.1) is 0 Å². The number of benzene rings is 1. The number of imidazole rings is 1. The van der Waals surface area contributed by atoms with Gasteiger partial charge in [0.25, 0.3) is 0 Å². The van der Waals surface area contributed by atoms with E-state index in [0.717, 1.165) is 22.2 Å². The number of fused-ring (bicyclic) bond motifs is 1. The van der Waals surface area contributed by atoms with Crippen LogP contribution in [0.15, 0.2) is 43.0 Å². The van der Waals surface area contributed by atoms with Crippen molar-refractivity contribution in [1.82, 2.24) is 9.55 Å². The minimum absolute atomic E-state index is 0.574.